The average molecular weight is 241 g/mol. The van der Waals surface area contributed by atoms with Gasteiger partial charge in [-0.3, -0.25) is 0 Å². The van der Waals surface area contributed by atoms with Crippen LogP contribution >= 0.6 is 23.1 Å². The first kappa shape index (κ1) is 10.2. The highest BCUT2D eigenvalue weighted by molar-refractivity contribution is 7.09. The maximum atomic E-state index is 6.00. The number of nitrogens with two attached hydrogens (primary N) is 1. The second-order valence-corrected chi connectivity index (χ2v) is 4.06. The van der Waals surface area contributed by atoms with Crippen LogP contribution in [0.25, 0.3) is 0 Å². The molecular formula is C9H9ClN4S. The first-order valence-electron chi connectivity index (χ1n) is 4.32. The number of hydrogen-bond acceptors (Lipinski definition) is 5. The van der Waals surface area contributed by atoms with Crippen molar-refractivity contribution in [3.63, 3.8) is 0 Å². The van der Waals surface area contributed by atoms with Crippen molar-refractivity contribution in [2.24, 2.45) is 0 Å². The molecule has 2 aromatic rings. The molecule has 0 bridgehead atoms. The van der Waals surface area contributed by atoms with Gasteiger partial charge in [-0.05, 0) is 11.6 Å². The Balaban J connectivity index is 2.02. The lowest BCUT2D eigenvalue weighted by atomic mass is 10.2. The normalized spacial score (nSPS) is 10.2. The van der Waals surface area contributed by atoms with Crippen LogP contribution in [0.1, 0.15) is 5.56 Å². The molecule has 1 aromatic heterocycles. The molecule has 0 unspecified atom stereocenters. The maximum Gasteiger partial charge on any atom is 0.233 e. The second-order valence-electron chi connectivity index (χ2n) is 2.90. The van der Waals surface area contributed by atoms with E-state index in [9.17, 15) is 0 Å². The summed E-state index contributed by atoms with van der Waals surface area (Å²) in [4.78, 5) is 3.99. The molecule has 1 aromatic carbocycles. The molecule has 0 spiro atoms. The zero-order valence-corrected chi connectivity index (χ0v) is 9.35. The standard InChI is InChI=1S/C9H9ClN4S/c10-7-4-2-1-3-6(7)5-12-9-13-8(11)14-15-9/h1-4H,5H2,(H3,11,12,13,14). The maximum absolute atomic E-state index is 6.00. The minimum atomic E-state index is 0.293. The fraction of sp³-hybridized carbons (Fsp3) is 0.111. The third-order valence-electron chi connectivity index (χ3n) is 1.83. The quantitative estimate of drug-likeness (QED) is 0.865. The van der Waals surface area contributed by atoms with Gasteiger partial charge in [0.15, 0.2) is 0 Å². The molecule has 0 fully saturated rings. The van der Waals surface area contributed by atoms with E-state index < -0.39 is 0 Å². The molecule has 4 nitrogen and oxygen atoms in total. The fourth-order valence-corrected chi connectivity index (χ4v) is 1.81. The molecule has 0 saturated carbocycles. The topological polar surface area (TPSA) is 63.8 Å². The van der Waals surface area contributed by atoms with E-state index in [-0.39, 0.29) is 0 Å². The van der Waals surface area contributed by atoms with E-state index >= 15 is 0 Å². The zero-order chi connectivity index (χ0) is 10.7. The van der Waals surface area contributed by atoms with Crippen LogP contribution < -0.4 is 11.1 Å². The number of hydrogen-bond donors (Lipinski definition) is 2. The molecule has 0 aliphatic rings. The number of anilines is 2. The Labute approximate surface area is 96.3 Å². The molecule has 78 valence electrons. The summed E-state index contributed by atoms with van der Waals surface area (Å²) in [5.74, 6) is 0.293. The van der Waals surface area contributed by atoms with E-state index in [2.05, 4.69) is 14.7 Å². The molecule has 3 N–H and O–H groups in total. The number of halogens is 1. The number of benzene rings is 1. The molecule has 0 aliphatic carbocycles. The van der Waals surface area contributed by atoms with E-state index in [1.165, 1.54) is 11.5 Å². The van der Waals surface area contributed by atoms with Crippen LogP contribution in [0.2, 0.25) is 5.02 Å². The van der Waals surface area contributed by atoms with Crippen LogP contribution in [0.15, 0.2) is 24.3 Å². The summed E-state index contributed by atoms with van der Waals surface area (Å²) in [5, 5.41) is 4.54. The van der Waals surface area contributed by atoms with E-state index in [1.54, 1.807) is 0 Å². The number of nitrogens with one attached hydrogen (secondary N) is 1. The molecule has 1 heterocycles. The Kier molecular flexibility index (Phi) is 3.03. The van der Waals surface area contributed by atoms with Crippen LogP contribution in [0, 0.1) is 0 Å². The molecule has 0 amide bonds. The van der Waals surface area contributed by atoms with Crippen LogP contribution in [0.5, 0.6) is 0 Å². The van der Waals surface area contributed by atoms with Crippen molar-refractivity contribution in [1.82, 2.24) is 9.36 Å². The molecular weight excluding hydrogens is 232 g/mol. The monoisotopic (exact) mass is 240 g/mol. The molecule has 0 saturated heterocycles. The molecule has 0 aliphatic heterocycles. The van der Waals surface area contributed by atoms with Gasteiger partial charge >= 0.3 is 0 Å². The summed E-state index contributed by atoms with van der Waals surface area (Å²) in [6, 6.07) is 7.65. The lowest BCUT2D eigenvalue weighted by Gasteiger charge is -2.03. The highest BCUT2D eigenvalue weighted by Gasteiger charge is 2.02. The van der Waals surface area contributed by atoms with Gasteiger partial charge in [-0.25, -0.2) is 0 Å². The predicted molar refractivity (Wildman–Crippen MR) is 63.1 cm³/mol. The van der Waals surface area contributed by atoms with Crippen molar-refractivity contribution < 1.29 is 0 Å². The molecule has 0 atom stereocenters. The number of rotatable bonds is 3. The highest BCUT2D eigenvalue weighted by Crippen LogP contribution is 2.18. The first-order valence-corrected chi connectivity index (χ1v) is 5.47. The first-order chi connectivity index (χ1) is 7.25. The lowest BCUT2D eigenvalue weighted by Crippen LogP contribution is -1.99. The van der Waals surface area contributed by atoms with Crippen LogP contribution in [-0.2, 0) is 6.54 Å². The Morgan fingerprint density at radius 2 is 2.20 bits per heavy atom. The van der Waals surface area contributed by atoms with Gasteiger partial charge in [0, 0.05) is 23.1 Å². The predicted octanol–water partition coefficient (Wildman–Crippen LogP) is 2.39. The van der Waals surface area contributed by atoms with Crippen LogP contribution in [0.4, 0.5) is 11.1 Å². The van der Waals surface area contributed by atoms with Crippen molar-refractivity contribution in [1.29, 1.82) is 0 Å². The van der Waals surface area contributed by atoms with Crippen molar-refractivity contribution >= 4 is 34.2 Å². The number of nitrogens with zero attached hydrogens (tertiary/aromatic N) is 2. The second kappa shape index (κ2) is 4.46. The van der Waals surface area contributed by atoms with Crippen molar-refractivity contribution in [2.45, 2.75) is 6.54 Å². The molecule has 0 radical (unpaired) electrons. The van der Waals surface area contributed by atoms with Gasteiger partial charge in [-0.15, -0.1) is 0 Å². The van der Waals surface area contributed by atoms with E-state index in [4.69, 9.17) is 17.3 Å². The molecule has 2 rings (SSSR count). The van der Waals surface area contributed by atoms with E-state index in [0.29, 0.717) is 17.6 Å². The summed E-state index contributed by atoms with van der Waals surface area (Å²) in [6.45, 7) is 0.619. The summed E-state index contributed by atoms with van der Waals surface area (Å²) in [5.41, 5.74) is 6.42. The third kappa shape index (κ3) is 2.57. The van der Waals surface area contributed by atoms with Crippen LogP contribution in [0.3, 0.4) is 0 Å². The SMILES string of the molecule is Nc1nsc(NCc2ccccc2Cl)n1. The highest BCUT2D eigenvalue weighted by atomic mass is 35.5. The van der Waals surface area contributed by atoms with Crippen molar-refractivity contribution in [2.75, 3.05) is 11.1 Å². The largest absolute Gasteiger partial charge is 0.367 e. The van der Waals surface area contributed by atoms with Crippen molar-refractivity contribution in [3.05, 3.63) is 34.9 Å². The Bertz CT molecular complexity index is 457. The summed E-state index contributed by atoms with van der Waals surface area (Å²) in [6.07, 6.45) is 0. The van der Waals surface area contributed by atoms with Gasteiger partial charge in [0.1, 0.15) is 0 Å². The van der Waals surface area contributed by atoms with Crippen LogP contribution in [-0.4, -0.2) is 9.36 Å². The molecule has 15 heavy (non-hydrogen) atoms. The summed E-state index contributed by atoms with van der Waals surface area (Å²) < 4.78 is 3.86. The van der Waals surface area contributed by atoms with Gasteiger partial charge in [-0.2, -0.15) is 9.36 Å². The van der Waals surface area contributed by atoms with Gasteiger partial charge in [0.05, 0.1) is 0 Å². The Hall–Kier alpha value is -1.33. The smallest absolute Gasteiger partial charge is 0.233 e. The minimum Gasteiger partial charge on any atom is -0.367 e. The average Bonchev–Trinajstić information content (AvgIpc) is 2.63. The van der Waals surface area contributed by atoms with Gasteiger partial charge in [0.2, 0.25) is 11.1 Å². The minimum absolute atomic E-state index is 0.293. The third-order valence-corrected chi connectivity index (χ3v) is 2.89. The lowest BCUT2D eigenvalue weighted by molar-refractivity contribution is 1.13. The number of nitrogen functional groups attached to an aromatic ring is 1. The van der Waals surface area contributed by atoms with E-state index in [1.807, 2.05) is 24.3 Å². The van der Waals surface area contributed by atoms with Gasteiger partial charge in [-0.1, -0.05) is 29.8 Å². The Morgan fingerprint density at radius 3 is 2.87 bits per heavy atom. The van der Waals surface area contributed by atoms with Gasteiger partial charge in [0.25, 0.3) is 0 Å². The van der Waals surface area contributed by atoms with Gasteiger partial charge < -0.3 is 11.1 Å². The zero-order valence-electron chi connectivity index (χ0n) is 7.77. The Morgan fingerprint density at radius 1 is 1.40 bits per heavy atom. The fourth-order valence-electron chi connectivity index (χ4n) is 1.12. The summed E-state index contributed by atoms with van der Waals surface area (Å²) >= 11 is 7.23. The number of aromatic nitrogens is 2. The molecule has 6 heteroatoms. The van der Waals surface area contributed by atoms with Crippen molar-refractivity contribution in [3.8, 4) is 0 Å². The summed E-state index contributed by atoms with van der Waals surface area (Å²) in [7, 11) is 0. The van der Waals surface area contributed by atoms with E-state index in [0.717, 1.165) is 10.6 Å².